The Morgan fingerprint density at radius 2 is 1.81 bits per heavy atom. The second-order valence-corrected chi connectivity index (χ2v) is 7.56. The molecule has 3 unspecified atom stereocenters. The third kappa shape index (κ3) is 3.13. The number of hydrogen-bond acceptors (Lipinski definition) is 1. The van der Waals surface area contributed by atoms with Crippen molar-refractivity contribution in [3.8, 4) is 0 Å². The van der Waals surface area contributed by atoms with Crippen LogP contribution in [0.25, 0.3) is 0 Å². The quantitative estimate of drug-likeness (QED) is 0.675. The Balaban J connectivity index is 1.59. The van der Waals surface area contributed by atoms with Crippen molar-refractivity contribution in [1.82, 2.24) is 4.90 Å². The molecular formula is C21H21F4N. The lowest BCUT2D eigenvalue weighted by molar-refractivity contribution is -0.137. The Labute approximate surface area is 150 Å². The summed E-state index contributed by atoms with van der Waals surface area (Å²) in [6.45, 7) is 0.856. The zero-order valence-electron chi connectivity index (χ0n) is 14.6. The number of nitrogens with zero attached hydrogens (tertiary/aromatic N) is 1. The van der Waals surface area contributed by atoms with Crippen LogP contribution in [0.15, 0.2) is 42.5 Å². The van der Waals surface area contributed by atoms with Gasteiger partial charge in [-0.3, -0.25) is 0 Å². The largest absolute Gasteiger partial charge is 0.416 e. The molecule has 5 heteroatoms. The molecule has 2 aromatic rings. The summed E-state index contributed by atoms with van der Waals surface area (Å²) in [4.78, 5) is 2.31. The number of benzene rings is 2. The first-order chi connectivity index (χ1) is 12.3. The Morgan fingerprint density at radius 1 is 1.08 bits per heavy atom. The maximum absolute atomic E-state index is 13.1. The number of likely N-dealkylation sites (N-methyl/N-ethyl adjacent to an activating group) is 1. The zero-order chi connectivity index (χ0) is 18.5. The second kappa shape index (κ2) is 6.38. The monoisotopic (exact) mass is 363 g/mol. The van der Waals surface area contributed by atoms with E-state index in [2.05, 4.69) is 11.9 Å². The summed E-state index contributed by atoms with van der Waals surface area (Å²) < 4.78 is 52.1. The minimum Gasteiger partial charge on any atom is -0.302 e. The van der Waals surface area contributed by atoms with Crippen LogP contribution in [0.2, 0.25) is 0 Å². The van der Waals surface area contributed by atoms with Crippen molar-refractivity contribution >= 4 is 0 Å². The summed E-state index contributed by atoms with van der Waals surface area (Å²) in [6.07, 6.45) is -1.86. The third-order valence-electron chi connectivity index (χ3n) is 6.04. The lowest BCUT2D eigenvalue weighted by atomic mass is 9.73. The zero-order valence-corrected chi connectivity index (χ0v) is 14.6. The maximum atomic E-state index is 13.1. The first-order valence-corrected chi connectivity index (χ1v) is 8.97. The van der Waals surface area contributed by atoms with Gasteiger partial charge in [0.25, 0.3) is 0 Å². The maximum Gasteiger partial charge on any atom is 0.416 e. The molecule has 1 saturated heterocycles. The number of aryl methyl sites for hydroxylation is 1. The van der Waals surface area contributed by atoms with E-state index in [1.54, 1.807) is 6.07 Å². The number of hydrogen-bond donors (Lipinski definition) is 0. The van der Waals surface area contributed by atoms with Crippen molar-refractivity contribution < 1.29 is 17.6 Å². The Bertz CT molecular complexity index is 797. The van der Waals surface area contributed by atoms with Gasteiger partial charge >= 0.3 is 6.18 Å². The van der Waals surface area contributed by atoms with E-state index in [9.17, 15) is 17.6 Å². The van der Waals surface area contributed by atoms with Gasteiger partial charge in [-0.1, -0.05) is 18.2 Å². The first kappa shape index (κ1) is 17.5. The van der Waals surface area contributed by atoms with Crippen LogP contribution in [0, 0.1) is 11.7 Å². The lowest BCUT2D eigenvalue weighted by Gasteiger charge is -2.32. The molecule has 2 aliphatic rings. The smallest absolute Gasteiger partial charge is 0.302 e. The van der Waals surface area contributed by atoms with E-state index >= 15 is 0 Å². The second-order valence-electron chi connectivity index (χ2n) is 7.56. The van der Waals surface area contributed by atoms with Crippen LogP contribution < -0.4 is 0 Å². The van der Waals surface area contributed by atoms with E-state index in [1.165, 1.54) is 24.3 Å². The van der Waals surface area contributed by atoms with Crippen LogP contribution in [0.5, 0.6) is 0 Å². The van der Waals surface area contributed by atoms with Gasteiger partial charge in [0.1, 0.15) is 5.82 Å². The molecule has 0 bridgehead atoms. The molecule has 0 saturated carbocycles. The van der Waals surface area contributed by atoms with Crippen LogP contribution in [0.3, 0.4) is 0 Å². The highest BCUT2D eigenvalue weighted by Gasteiger charge is 2.43. The van der Waals surface area contributed by atoms with Crippen LogP contribution in [0.4, 0.5) is 17.6 Å². The van der Waals surface area contributed by atoms with Crippen molar-refractivity contribution in [3.05, 3.63) is 70.5 Å². The molecule has 0 aromatic heterocycles. The van der Waals surface area contributed by atoms with Gasteiger partial charge in [0.05, 0.1) is 5.56 Å². The fraction of sp³-hybridized carbons (Fsp3) is 0.429. The van der Waals surface area contributed by atoms with Crippen LogP contribution in [0.1, 0.15) is 34.6 Å². The fourth-order valence-electron chi connectivity index (χ4n) is 4.75. The van der Waals surface area contributed by atoms with Crippen molar-refractivity contribution in [1.29, 1.82) is 0 Å². The number of halogens is 4. The van der Waals surface area contributed by atoms with E-state index in [4.69, 9.17) is 0 Å². The molecule has 4 rings (SSSR count). The third-order valence-corrected chi connectivity index (χ3v) is 6.04. The predicted octanol–water partition coefficient (Wildman–Crippen LogP) is 5.05. The molecule has 1 fully saturated rings. The minimum atomic E-state index is -4.29. The predicted molar refractivity (Wildman–Crippen MR) is 92.5 cm³/mol. The highest BCUT2D eigenvalue weighted by Crippen LogP contribution is 2.46. The van der Waals surface area contributed by atoms with Gasteiger partial charge in [-0.25, -0.2) is 4.39 Å². The van der Waals surface area contributed by atoms with E-state index in [0.717, 1.165) is 36.1 Å². The standard InChI is InChI=1S/C21H21F4N/c1-26-12-19-17-9-5-15(21(23,24)25)11-14(17)4-8-18(19)20(26)10-13-2-6-16(22)7-3-13/h2-3,5-7,9,11,18-20H,4,8,10,12H2,1H3. The van der Waals surface area contributed by atoms with E-state index in [0.29, 0.717) is 18.4 Å². The molecule has 0 amide bonds. The molecule has 1 nitrogen and oxygen atoms in total. The van der Waals surface area contributed by atoms with Crippen molar-refractivity contribution in [2.24, 2.45) is 5.92 Å². The summed E-state index contributed by atoms with van der Waals surface area (Å²) in [5, 5.41) is 0. The van der Waals surface area contributed by atoms with E-state index in [-0.39, 0.29) is 11.7 Å². The molecule has 2 aromatic carbocycles. The Kier molecular flexibility index (Phi) is 4.30. The SMILES string of the molecule is CN1CC2c3ccc(C(F)(F)F)cc3CCC2C1Cc1ccc(F)cc1. The molecule has 3 atom stereocenters. The fourth-order valence-corrected chi connectivity index (χ4v) is 4.75. The van der Waals surface area contributed by atoms with Gasteiger partial charge in [-0.15, -0.1) is 0 Å². The van der Waals surface area contributed by atoms with Gasteiger partial charge in [-0.05, 0) is 73.2 Å². The van der Waals surface area contributed by atoms with Gasteiger partial charge < -0.3 is 4.90 Å². The van der Waals surface area contributed by atoms with Crippen LogP contribution in [-0.4, -0.2) is 24.5 Å². The Morgan fingerprint density at radius 3 is 2.50 bits per heavy atom. The van der Waals surface area contributed by atoms with Crippen molar-refractivity contribution in [2.45, 2.75) is 37.4 Å². The molecule has 1 aliphatic heterocycles. The van der Waals surface area contributed by atoms with Gasteiger partial charge in [0.2, 0.25) is 0 Å². The van der Waals surface area contributed by atoms with Crippen molar-refractivity contribution in [2.75, 3.05) is 13.6 Å². The molecule has 26 heavy (non-hydrogen) atoms. The summed E-state index contributed by atoms with van der Waals surface area (Å²) in [6, 6.07) is 11.2. The lowest BCUT2D eigenvalue weighted by Crippen LogP contribution is -2.32. The molecule has 1 aliphatic carbocycles. The van der Waals surface area contributed by atoms with Crippen LogP contribution in [-0.2, 0) is 19.0 Å². The van der Waals surface area contributed by atoms with E-state index < -0.39 is 11.7 Å². The average Bonchev–Trinajstić information content (AvgIpc) is 2.91. The number of likely N-dealkylation sites (tertiary alicyclic amines) is 1. The highest BCUT2D eigenvalue weighted by molar-refractivity contribution is 5.39. The molecule has 1 heterocycles. The van der Waals surface area contributed by atoms with Gasteiger partial charge in [-0.2, -0.15) is 13.2 Å². The van der Waals surface area contributed by atoms with Crippen molar-refractivity contribution in [3.63, 3.8) is 0 Å². The first-order valence-electron chi connectivity index (χ1n) is 8.97. The number of fused-ring (bicyclic) bond motifs is 3. The summed E-state index contributed by atoms with van der Waals surface area (Å²) in [5.74, 6) is 0.462. The summed E-state index contributed by atoms with van der Waals surface area (Å²) in [7, 11) is 2.08. The van der Waals surface area contributed by atoms with E-state index in [1.807, 2.05) is 12.1 Å². The van der Waals surface area contributed by atoms with Gasteiger partial charge in [0.15, 0.2) is 0 Å². The normalized spacial score (nSPS) is 25.8. The minimum absolute atomic E-state index is 0.238. The van der Waals surface area contributed by atoms with Crippen LogP contribution >= 0.6 is 0 Å². The summed E-state index contributed by atoms with van der Waals surface area (Å²) >= 11 is 0. The molecular weight excluding hydrogens is 342 g/mol. The average molecular weight is 363 g/mol. The molecule has 138 valence electrons. The topological polar surface area (TPSA) is 3.24 Å². The Hall–Kier alpha value is -1.88. The molecule has 0 spiro atoms. The number of rotatable bonds is 2. The summed E-state index contributed by atoms with van der Waals surface area (Å²) in [5.41, 5.74) is 2.46. The molecule has 0 N–H and O–H groups in total. The number of alkyl halides is 3. The highest BCUT2D eigenvalue weighted by atomic mass is 19.4. The van der Waals surface area contributed by atoms with Gasteiger partial charge in [0, 0.05) is 18.5 Å². The molecule has 0 radical (unpaired) electrons.